The molecule has 1 heterocycles. The van der Waals surface area contributed by atoms with Gasteiger partial charge >= 0.3 is 5.99 Å². The van der Waals surface area contributed by atoms with Crippen LogP contribution in [0, 0.1) is 0 Å². The Labute approximate surface area is 206 Å². The number of hydrogen-bond acceptors (Lipinski definition) is 4. The molecule has 4 aromatic carbocycles. The summed E-state index contributed by atoms with van der Waals surface area (Å²) in [6.07, 6.45) is 5.32. The van der Waals surface area contributed by atoms with Gasteiger partial charge in [0.2, 0.25) is 0 Å². The highest BCUT2D eigenvalue weighted by molar-refractivity contribution is 8.20. The molecule has 5 rings (SSSR count). The first-order valence-electron chi connectivity index (χ1n) is 11.3. The third kappa shape index (κ3) is 4.49. The largest absolute Gasteiger partial charge is 0.497 e. The van der Waals surface area contributed by atoms with Crippen molar-refractivity contribution in [3.63, 3.8) is 0 Å². The molecule has 0 saturated heterocycles. The van der Waals surface area contributed by atoms with Crippen LogP contribution in [0.5, 0.6) is 11.5 Å². The number of rotatable bonds is 5. The lowest BCUT2D eigenvalue weighted by molar-refractivity contribution is 0.415. The Morgan fingerprint density at radius 1 is 0.571 bits per heavy atom. The van der Waals surface area contributed by atoms with Crippen LogP contribution < -0.4 is 20.4 Å². The lowest BCUT2D eigenvalue weighted by Gasteiger charge is -2.18. The number of fused-ring (bicyclic) bond motifs is 2. The van der Waals surface area contributed by atoms with Crippen molar-refractivity contribution in [1.82, 2.24) is 0 Å². The molecule has 0 saturated carbocycles. The maximum absolute atomic E-state index is 13.3. The quantitative estimate of drug-likeness (QED) is 0.390. The second-order valence-corrected chi connectivity index (χ2v) is 10.8. The van der Waals surface area contributed by atoms with Crippen LogP contribution in [0.15, 0.2) is 84.9 Å². The zero-order valence-electron chi connectivity index (χ0n) is 19.9. The molecular formula is C29H25BO4S. The van der Waals surface area contributed by atoms with Gasteiger partial charge in [0.25, 0.3) is 0 Å². The van der Waals surface area contributed by atoms with Crippen molar-refractivity contribution in [3.8, 4) is 33.8 Å². The molecule has 1 aliphatic rings. The van der Waals surface area contributed by atoms with Crippen molar-refractivity contribution in [2.24, 2.45) is 0 Å². The van der Waals surface area contributed by atoms with Crippen LogP contribution in [-0.4, -0.2) is 34.9 Å². The molecule has 35 heavy (non-hydrogen) atoms. The van der Waals surface area contributed by atoms with Crippen molar-refractivity contribution in [2.75, 3.05) is 20.5 Å². The summed E-state index contributed by atoms with van der Waals surface area (Å²) >= 11 is 0. The number of methoxy groups -OCH3 is 2. The standard InChI is InChI=1S/C29H25BO4S/c1-33-26-14-10-20(11-15-26)24-8-6-22-4-5-23-7-9-25(21-12-16-27(34-2)17-13-21)19-29(23)30(28(22)18-24)35(3,31)32/h4-19H,1-3H3. The summed E-state index contributed by atoms with van der Waals surface area (Å²) in [4.78, 5) is 0. The molecule has 0 spiro atoms. The van der Waals surface area contributed by atoms with Gasteiger partial charge in [0, 0.05) is 6.26 Å². The van der Waals surface area contributed by atoms with Crippen LogP contribution in [0.2, 0.25) is 0 Å². The Balaban J connectivity index is 1.66. The molecule has 0 aromatic heterocycles. The van der Waals surface area contributed by atoms with E-state index in [-0.39, 0.29) is 0 Å². The van der Waals surface area contributed by atoms with Crippen LogP contribution in [0.1, 0.15) is 11.1 Å². The van der Waals surface area contributed by atoms with Crippen LogP contribution in [-0.2, 0) is 9.69 Å². The highest BCUT2D eigenvalue weighted by atomic mass is 32.2. The van der Waals surface area contributed by atoms with Crippen LogP contribution in [0.4, 0.5) is 0 Å². The first-order valence-corrected chi connectivity index (χ1v) is 13.3. The first kappa shape index (κ1) is 23.0. The molecule has 1 aliphatic heterocycles. The minimum Gasteiger partial charge on any atom is -0.497 e. The van der Waals surface area contributed by atoms with E-state index in [0.717, 1.165) is 55.8 Å². The molecule has 174 valence electrons. The van der Waals surface area contributed by atoms with Crippen LogP contribution >= 0.6 is 0 Å². The SMILES string of the molecule is COc1ccc(-c2ccc3c(c2)B(S(C)(=O)=O)c2cc(-c4ccc(OC)cc4)ccc2C=C3)cc1. The van der Waals surface area contributed by atoms with Crippen molar-refractivity contribution < 1.29 is 17.9 Å². The molecule has 0 unspecified atom stereocenters. The maximum Gasteiger partial charge on any atom is 0.357 e. The second kappa shape index (κ2) is 9.12. The molecule has 0 atom stereocenters. The van der Waals surface area contributed by atoms with E-state index < -0.39 is 15.7 Å². The zero-order valence-corrected chi connectivity index (χ0v) is 20.7. The molecule has 0 aliphatic carbocycles. The molecule has 0 bridgehead atoms. The lowest BCUT2D eigenvalue weighted by atomic mass is 9.59. The van der Waals surface area contributed by atoms with E-state index in [1.165, 1.54) is 6.26 Å². The van der Waals surface area contributed by atoms with Gasteiger partial charge < -0.3 is 9.47 Å². The highest BCUT2D eigenvalue weighted by Gasteiger charge is 2.36. The summed E-state index contributed by atoms with van der Waals surface area (Å²) < 4.78 is 37.1. The summed E-state index contributed by atoms with van der Waals surface area (Å²) in [6, 6.07) is 27.6. The predicted molar refractivity (Wildman–Crippen MR) is 146 cm³/mol. The monoisotopic (exact) mass is 480 g/mol. The molecular weight excluding hydrogens is 455 g/mol. The third-order valence-corrected chi connectivity index (χ3v) is 7.82. The number of hydrogen-bond donors (Lipinski definition) is 0. The van der Waals surface area contributed by atoms with Crippen LogP contribution in [0.25, 0.3) is 34.4 Å². The van der Waals surface area contributed by atoms with E-state index in [2.05, 4.69) is 0 Å². The van der Waals surface area contributed by atoms with Gasteiger partial charge in [-0.25, -0.2) is 8.42 Å². The van der Waals surface area contributed by atoms with Crippen molar-refractivity contribution in [2.45, 2.75) is 0 Å². The van der Waals surface area contributed by atoms with Crippen molar-refractivity contribution in [3.05, 3.63) is 96.1 Å². The second-order valence-electron chi connectivity index (χ2n) is 8.69. The van der Waals surface area contributed by atoms with Gasteiger partial charge in [-0.05, 0) is 68.6 Å². The Morgan fingerprint density at radius 2 is 0.943 bits per heavy atom. The third-order valence-electron chi connectivity index (χ3n) is 6.46. The van der Waals surface area contributed by atoms with E-state index >= 15 is 0 Å². The summed E-state index contributed by atoms with van der Waals surface area (Å²) in [5.74, 6) is 0.778. The minimum absolute atomic E-state index is 0.778. The summed E-state index contributed by atoms with van der Waals surface area (Å²) in [6.45, 7) is 0. The molecule has 0 fully saturated rings. The Morgan fingerprint density at radius 3 is 1.29 bits per heavy atom. The minimum atomic E-state index is -3.48. The number of benzene rings is 4. The smallest absolute Gasteiger partial charge is 0.357 e. The van der Waals surface area contributed by atoms with Crippen LogP contribution in [0.3, 0.4) is 0 Å². The summed E-state index contributed by atoms with van der Waals surface area (Å²) in [5.41, 5.74) is 7.29. The molecule has 0 amide bonds. The fourth-order valence-corrected chi connectivity index (χ4v) is 5.97. The average Bonchev–Trinajstić information content (AvgIpc) is 3.04. The van der Waals surface area contributed by atoms with Crippen molar-refractivity contribution >= 4 is 38.8 Å². The van der Waals surface area contributed by atoms with E-state index in [0.29, 0.717) is 0 Å². The topological polar surface area (TPSA) is 52.6 Å². The highest BCUT2D eigenvalue weighted by Crippen LogP contribution is 2.27. The normalized spacial score (nSPS) is 12.5. The average molecular weight is 480 g/mol. The zero-order chi connectivity index (χ0) is 24.6. The molecule has 0 N–H and O–H groups in total. The molecule has 4 nitrogen and oxygen atoms in total. The fourth-order valence-electron chi connectivity index (χ4n) is 4.64. The van der Waals surface area contributed by atoms with Gasteiger partial charge in [-0.1, -0.05) is 72.8 Å². The number of ether oxygens (including phenoxy) is 2. The Bertz CT molecular complexity index is 1420. The summed E-state index contributed by atoms with van der Waals surface area (Å²) in [5, 5.41) is 0. The van der Waals surface area contributed by atoms with E-state index in [1.807, 2.05) is 97.1 Å². The Hall–Kier alpha value is -3.77. The molecule has 0 radical (unpaired) electrons. The van der Waals surface area contributed by atoms with E-state index in [1.54, 1.807) is 14.2 Å². The fraction of sp³-hybridized carbons (Fsp3) is 0.103. The predicted octanol–water partition coefficient (Wildman–Crippen LogP) is 4.67. The maximum atomic E-state index is 13.3. The Kier molecular flexibility index (Phi) is 5.99. The van der Waals surface area contributed by atoms with E-state index in [9.17, 15) is 8.42 Å². The van der Waals surface area contributed by atoms with Gasteiger partial charge in [-0.15, -0.1) is 0 Å². The first-order chi connectivity index (χ1) is 16.9. The van der Waals surface area contributed by atoms with Gasteiger partial charge in [-0.3, -0.25) is 0 Å². The van der Waals surface area contributed by atoms with Gasteiger partial charge in [0.15, 0.2) is 0 Å². The van der Waals surface area contributed by atoms with Gasteiger partial charge in [0.1, 0.15) is 21.2 Å². The lowest BCUT2D eigenvalue weighted by Crippen LogP contribution is -2.50. The molecule has 6 heteroatoms. The van der Waals surface area contributed by atoms with Crippen molar-refractivity contribution in [1.29, 1.82) is 0 Å². The summed E-state index contributed by atoms with van der Waals surface area (Å²) in [7, 11) is -0.201. The molecule has 4 aromatic rings. The van der Waals surface area contributed by atoms with E-state index in [4.69, 9.17) is 9.47 Å². The van der Waals surface area contributed by atoms with Gasteiger partial charge in [0.05, 0.1) is 14.2 Å². The van der Waals surface area contributed by atoms with Gasteiger partial charge in [-0.2, -0.15) is 0 Å².